The molecule has 0 atom stereocenters. The fourth-order valence-electron chi connectivity index (χ4n) is 1.17. The molecule has 0 aromatic carbocycles. The molecule has 0 amide bonds. The Hall–Kier alpha value is -2.84. The molecule has 2 N–H and O–H groups in total. The molecule has 2 rings (SSSR count). The predicted molar refractivity (Wildman–Crippen MR) is 73.2 cm³/mol. The summed E-state index contributed by atoms with van der Waals surface area (Å²) in [5, 5.41) is 0. The van der Waals surface area contributed by atoms with Crippen LogP contribution in [-0.4, -0.2) is 27.5 Å². The van der Waals surface area contributed by atoms with Crippen LogP contribution in [-0.2, 0) is 6.18 Å². The first-order chi connectivity index (χ1) is 9.88. The number of pyridine rings is 1. The third kappa shape index (κ3) is 5.65. The molecule has 0 aliphatic rings. The van der Waals surface area contributed by atoms with Gasteiger partial charge in [-0.05, 0) is 6.07 Å². The van der Waals surface area contributed by atoms with E-state index in [2.05, 4.69) is 15.0 Å². The molecule has 0 radical (unpaired) electrons. The Morgan fingerprint density at radius 2 is 1.64 bits per heavy atom. The summed E-state index contributed by atoms with van der Waals surface area (Å²) in [7, 11) is 0. The van der Waals surface area contributed by atoms with Crippen LogP contribution in [0.15, 0.2) is 30.9 Å². The molecule has 0 unspecified atom stereocenters. The van der Waals surface area contributed by atoms with Crippen LogP contribution in [0.25, 0.3) is 0 Å². The SMILES string of the molecule is C.Nc1ncc(C=O)cn1.O=Cc1cnccc1C(F)(F)F. The molecule has 22 heavy (non-hydrogen) atoms. The summed E-state index contributed by atoms with van der Waals surface area (Å²) in [6.45, 7) is 0. The summed E-state index contributed by atoms with van der Waals surface area (Å²) in [6.07, 6.45) is 0.935. The average molecular weight is 314 g/mol. The van der Waals surface area contributed by atoms with Crippen LogP contribution in [0.5, 0.6) is 0 Å². The molecule has 2 aromatic heterocycles. The zero-order valence-electron chi connectivity index (χ0n) is 10.4. The first-order valence-electron chi connectivity index (χ1n) is 5.37. The largest absolute Gasteiger partial charge is 0.417 e. The molecule has 0 spiro atoms. The van der Waals surface area contributed by atoms with Gasteiger partial charge in [-0.25, -0.2) is 9.97 Å². The highest BCUT2D eigenvalue weighted by Crippen LogP contribution is 2.30. The van der Waals surface area contributed by atoms with E-state index in [-0.39, 0.29) is 19.7 Å². The number of nitrogen functional groups attached to an aromatic ring is 1. The van der Waals surface area contributed by atoms with E-state index in [0.29, 0.717) is 11.8 Å². The van der Waals surface area contributed by atoms with Gasteiger partial charge in [0.1, 0.15) is 0 Å². The van der Waals surface area contributed by atoms with Crippen molar-refractivity contribution in [1.82, 2.24) is 15.0 Å². The minimum absolute atomic E-state index is 0. The van der Waals surface area contributed by atoms with E-state index in [4.69, 9.17) is 5.73 Å². The number of nitrogens with zero attached hydrogens (tertiary/aromatic N) is 3. The number of hydrogen-bond acceptors (Lipinski definition) is 6. The van der Waals surface area contributed by atoms with Crippen molar-refractivity contribution < 1.29 is 22.8 Å². The van der Waals surface area contributed by atoms with E-state index in [1.165, 1.54) is 12.4 Å². The van der Waals surface area contributed by atoms with Gasteiger partial charge in [-0.1, -0.05) is 7.43 Å². The molecule has 2 aromatic rings. The van der Waals surface area contributed by atoms with Crippen LogP contribution in [0.2, 0.25) is 0 Å². The van der Waals surface area contributed by atoms with Crippen molar-refractivity contribution in [3.63, 3.8) is 0 Å². The van der Waals surface area contributed by atoms with Gasteiger partial charge in [0.15, 0.2) is 12.6 Å². The number of hydrogen-bond donors (Lipinski definition) is 1. The lowest BCUT2D eigenvalue weighted by Crippen LogP contribution is -2.08. The fourth-order valence-corrected chi connectivity index (χ4v) is 1.17. The highest BCUT2D eigenvalue weighted by Gasteiger charge is 2.32. The molecule has 6 nitrogen and oxygen atoms in total. The maximum absolute atomic E-state index is 12.0. The van der Waals surface area contributed by atoms with Crippen molar-refractivity contribution >= 4 is 18.5 Å². The maximum Gasteiger partial charge on any atom is 0.417 e. The molecule has 0 aliphatic heterocycles. The van der Waals surface area contributed by atoms with Crippen molar-refractivity contribution in [2.24, 2.45) is 0 Å². The van der Waals surface area contributed by atoms with Gasteiger partial charge in [0.2, 0.25) is 5.95 Å². The zero-order chi connectivity index (χ0) is 15.9. The highest BCUT2D eigenvalue weighted by atomic mass is 19.4. The van der Waals surface area contributed by atoms with E-state index < -0.39 is 17.3 Å². The van der Waals surface area contributed by atoms with Gasteiger partial charge in [-0.2, -0.15) is 13.2 Å². The van der Waals surface area contributed by atoms with Crippen molar-refractivity contribution in [2.75, 3.05) is 5.73 Å². The van der Waals surface area contributed by atoms with Crippen LogP contribution in [0.1, 0.15) is 33.7 Å². The second-order valence-electron chi connectivity index (χ2n) is 3.57. The van der Waals surface area contributed by atoms with Gasteiger partial charge in [-0.15, -0.1) is 0 Å². The van der Waals surface area contributed by atoms with Crippen molar-refractivity contribution in [1.29, 1.82) is 0 Å². The second-order valence-corrected chi connectivity index (χ2v) is 3.57. The first-order valence-corrected chi connectivity index (χ1v) is 5.37. The van der Waals surface area contributed by atoms with Crippen LogP contribution in [0.4, 0.5) is 19.1 Å². The topological polar surface area (TPSA) is 98.8 Å². The number of carbonyl (C=O) groups excluding carboxylic acids is 2. The van der Waals surface area contributed by atoms with Crippen molar-refractivity contribution in [3.8, 4) is 0 Å². The number of rotatable bonds is 2. The normalized spacial score (nSPS) is 9.77. The summed E-state index contributed by atoms with van der Waals surface area (Å²) >= 11 is 0. The van der Waals surface area contributed by atoms with Crippen LogP contribution < -0.4 is 5.73 Å². The molecule has 0 aliphatic carbocycles. The van der Waals surface area contributed by atoms with Gasteiger partial charge in [0.25, 0.3) is 0 Å². The molecular weight excluding hydrogens is 301 g/mol. The van der Waals surface area contributed by atoms with E-state index >= 15 is 0 Å². The zero-order valence-corrected chi connectivity index (χ0v) is 10.4. The Morgan fingerprint density at radius 1 is 1.05 bits per heavy atom. The Balaban J connectivity index is 0.000000397. The molecular formula is C13H13F3N4O2. The molecule has 0 saturated carbocycles. The lowest BCUT2D eigenvalue weighted by Gasteiger charge is -2.07. The number of halogens is 3. The lowest BCUT2D eigenvalue weighted by molar-refractivity contribution is -0.137. The third-order valence-corrected chi connectivity index (χ3v) is 2.11. The van der Waals surface area contributed by atoms with Crippen molar-refractivity contribution in [2.45, 2.75) is 13.6 Å². The molecule has 118 valence electrons. The molecule has 0 saturated heterocycles. The van der Waals surface area contributed by atoms with Crippen LogP contribution in [0, 0.1) is 0 Å². The Labute approximate surface area is 124 Å². The number of anilines is 1. The molecule has 0 bridgehead atoms. The van der Waals surface area contributed by atoms with E-state index in [1.54, 1.807) is 0 Å². The van der Waals surface area contributed by atoms with Crippen LogP contribution >= 0.6 is 0 Å². The van der Waals surface area contributed by atoms with E-state index in [9.17, 15) is 22.8 Å². The summed E-state index contributed by atoms with van der Waals surface area (Å²) in [5.41, 5.74) is 4.19. The van der Waals surface area contributed by atoms with Gasteiger partial charge < -0.3 is 5.73 Å². The highest BCUT2D eigenvalue weighted by molar-refractivity contribution is 5.76. The summed E-state index contributed by atoms with van der Waals surface area (Å²) in [5.74, 6) is 0.181. The number of alkyl halides is 3. The molecule has 9 heteroatoms. The maximum atomic E-state index is 12.0. The van der Waals surface area contributed by atoms with Gasteiger partial charge in [-0.3, -0.25) is 14.6 Å². The van der Waals surface area contributed by atoms with Gasteiger partial charge in [0, 0.05) is 30.4 Å². The van der Waals surface area contributed by atoms with Crippen molar-refractivity contribution in [3.05, 3.63) is 47.5 Å². The number of aldehydes is 2. The standard InChI is InChI=1S/C7H4F3NO.C5H5N3O.CH4/c8-7(9,10)6-1-2-11-3-5(6)4-12;6-5-7-1-4(3-9)2-8-5;/h1-4H;1-3H,(H2,6,7,8);1H4. The first kappa shape index (κ1) is 19.2. The predicted octanol–water partition coefficient (Wildman–Crippen LogP) is 2.42. The lowest BCUT2D eigenvalue weighted by atomic mass is 10.1. The minimum atomic E-state index is -4.49. The fraction of sp³-hybridized carbons (Fsp3) is 0.154. The smallest absolute Gasteiger partial charge is 0.368 e. The van der Waals surface area contributed by atoms with E-state index in [1.807, 2.05) is 0 Å². The van der Waals surface area contributed by atoms with E-state index in [0.717, 1.165) is 18.5 Å². The Bertz CT molecular complexity index is 615. The summed E-state index contributed by atoms with van der Waals surface area (Å²) in [4.78, 5) is 30.7. The third-order valence-electron chi connectivity index (χ3n) is 2.11. The Morgan fingerprint density at radius 3 is 2.05 bits per heavy atom. The van der Waals surface area contributed by atoms with Crippen LogP contribution in [0.3, 0.4) is 0 Å². The summed E-state index contributed by atoms with van der Waals surface area (Å²) < 4.78 is 36.1. The average Bonchev–Trinajstić information content (AvgIpc) is 2.48. The Kier molecular flexibility index (Phi) is 7.36. The molecule has 2 heterocycles. The number of aromatic nitrogens is 3. The number of carbonyl (C=O) groups is 2. The second kappa shape index (κ2) is 8.45. The monoisotopic (exact) mass is 314 g/mol. The molecule has 0 fully saturated rings. The number of nitrogens with two attached hydrogens (primary N) is 1. The van der Waals surface area contributed by atoms with Gasteiger partial charge >= 0.3 is 6.18 Å². The quantitative estimate of drug-likeness (QED) is 0.855. The van der Waals surface area contributed by atoms with Gasteiger partial charge in [0.05, 0.1) is 11.1 Å². The minimum Gasteiger partial charge on any atom is -0.368 e. The summed E-state index contributed by atoms with van der Waals surface area (Å²) in [6, 6.07) is 0.768.